The van der Waals surface area contributed by atoms with Crippen molar-refractivity contribution in [3.8, 4) is 0 Å². The summed E-state index contributed by atoms with van der Waals surface area (Å²) in [5, 5.41) is 4.95. The molecule has 7 heteroatoms. The molecule has 0 aromatic carbocycles. The van der Waals surface area contributed by atoms with E-state index in [2.05, 4.69) is 14.6 Å². The van der Waals surface area contributed by atoms with Crippen LogP contribution >= 0.6 is 0 Å². The van der Waals surface area contributed by atoms with Crippen LogP contribution in [0.4, 0.5) is 5.82 Å². The number of piperidine rings is 1. The van der Waals surface area contributed by atoms with E-state index in [4.69, 9.17) is 5.14 Å². The van der Waals surface area contributed by atoms with Gasteiger partial charge in [0.2, 0.25) is 0 Å². The zero-order valence-corrected chi connectivity index (χ0v) is 10.2. The highest BCUT2D eigenvalue weighted by Gasteiger charge is 2.22. The van der Waals surface area contributed by atoms with Crippen LogP contribution in [0.15, 0.2) is 24.4 Å². The fourth-order valence-electron chi connectivity index (χ4n) is 2.00. The molecule has 2 heterocycles. The Morgan fingerprint density at radius 1 is 1.35 bits per heavy atom. The molecule has 1 aliphatic heterocycles. The SMILES string of the molecule is NS(=O)(=O)NC1CCN(c2ccccn2)CC1. The van der Waals surface area contributed by atoms with Crippen molar-refractivity contribution in [2.24, 2.45) is 5.14 Å². The number of anilines is 1. The molecule has 0 atom stereocenters. The van der Waals surface area contributed by atoms with Crippen LogP contribution < -0.4 is 14.8 Å². The Morgan fingerprint density at radius 2 is 2.06 bits per heavy atom. The van der Waals surface area contributed by atoms with E-state index in [1.165, 1.54) is 0 Å². The molecule has 0 amide bonds. The average Bonchev–Trinajstić information content (AvgIpc) is 2.29. The third-order valence-electron chi connectivity index (χ3n) is 2.80. The minimum atomic E-state index is -3.59. The largest absolute Gasteiger partial charge is 0.357 e. The maximum Gasteiger partial charge on any atom is 0.274 e. The third-order valence-corrected chi connectivity index (χ3v) is 3.46. The highest BCUT2D eigenvalue weighted by atomic mass is 32.2. The van der Waals surface area contributed by atoms with Crippen LogP contribution in [0.2, 0.25) is 0 Å². The molecule has 0 bridgehead atoms. The summed E-state index contributed by atoms with van der Waals surface area (Å²) in [6.07, 6.45) is 3.24. The highest BCUT2D eigenvalue weighted by molar-refractivity contribution is 7.87. The first-order chi connectivity index (χ1) is 8.04. The zero-order valence-electron chi connectivity index (χ0n) is 9.41. The van der Waals surface area contributed by atoms with Gasteiger partial charge in [-0.05, 0) is 25.0 Å². The van der Waals surface area contributed by atoms with Crippen LogP contribution in [0, 0.1) is 0 Å². The van der Waals surface area contributed by atoms with E-state index in [1.807, 2.05) is 18.2 Å². The summed E-state index contributed by atoms with van der Waals surface area (Å²) in [4.78, 5) is 6.40. The number of nitrogens with one attached hydrogen (secondary N) is 1. The molecular formula is C10H16N4O2S. The van der Waals surface area contributed by atoms with E-state index in [0.717, 1.165) is 31.7 Å². The molecule has 0 aliphatic carbocycles. The number of nitrogens with two attached hydrogens (primary N) is 1. The second kappa shape index (κ2) is 4.99. The minimum Gasteiger partial charge on any atom is -0.357 e. The summed E-state index contributed by atoms with van der Waals surface area (Å²) in [5.41, 5.74) is 0. The molecule has 17 heavy (non-hydrogen) atoms. The topological polar surface area (TPSA) is 88.3 Å². The molecule has 1 aromatic heterocycles. The lowest BCUT2D eigenvalue weighted by atomic mass is 10.1. The van der Waals surface area contributed by atoms with Gasteiger partial charge in [-0.3, -0.25) is 0 Å². The monoisotopic (exact) mass is 256 g/mol. The number of aromatic nitrogens is 1. The lowest BCUT2D eigenvalue weighted by molar-refractivity contribution is 0.459. The first-order valence-electron chi connectivity index (χ1n) is 5.50. The summed E-state index contributed by atoms with van der Waals surface area (Å²) in [7, 11) is -3.59. The van der Waals surface area contributed by atoms with E-state index in [9.17, 15) is 8.42 Å². The molecule has 6 nitrogen and oxygen atoms in total. The van der Waals surface area contributed by atoms with E-state index in [-0.39, 0.29) is 6.04 Å². The predicted octanol–water partition coefficient (Wildman–Crippen LogP) is -0.156. The van der Waals surface area contributed by atoms with E-state index >= 15 is 0 Å². The fraction of sp³-hybridized carbons (Fsp3) is 0.500. The quantitative estimate of drug-likeness (QED) is 0.786. The lowest BCUT2D eigenvalue weighted by Crippen LogP contribution is -2.46. The van der Waals surface area contributed by atoms with Crippen molar-refractivity contribution in [2.45, 2.75) is 18.9 Å². The molecule has 1 fully saturated rings. The van der Waals surface area contributed by atoms with Crippen molar-refractivity contribution in [3.63, 3.8) is 0 Å². The first-order valence-corrected chi connectivity index (χ1v) is 7.05. The molecule has 2 rings (SSSR count). The van der Waals surface area contributed by atoms with Crippen molar-refractivity contribution in [1.82, 2.24) is 9.71 Å². The number of hydrogen-bond acceptors (Lipinski definition) is 4. The van der Waals surface area contributed by atoms with Crippen LogP contribution in [-0.4, -0.2) is 32.5 Å². The summed E-state index contributed by atoms with van der Waals surface area (Å²) in [6, 6.07) is 5.70. The van der Waals surface area contributed by atoms with Gasteiger partial charge in [-0.2, -0.15) is 13.1 Å². The predicted molar refractivity (Wildman–Crippen MR) is 65.7 cm³/mol. The number of pyridine rings is 1. The first kappa shape index (κ1) is 12.3. The van der Waals surface area contributed by atoms with Gasteiger partial charge in [0, 0.05) is 25.3 Å². The standard InChI is InChI=1S/C10H16N4O2S/c11-17(15,16)13-9-4-7-14(8-5-9)10-3-1-2-6-12-10/h1-3,6,9,13H,4-5,7-8H2,(H2,11,15,16). The smallest absolute Gasteiger partial charge is 0.274 e. The average molecular weight is 256 g/mol. The van der Waals surface area contributed by atoms with Gasteiger partial charge in [-0.15, -0.1) is 0 Å². The summed E-state index contributed by atoms with van der Waals surface area (Å²) in [6.45, 7) is 1.56. The Kier molecular flexibility index (Phi) is 3.60. The number of hydrogen-bond donors (Lipinski definition) is 2. The van der Waals surface area contributed by atoms with E-state index in [1.54, 1.807) is 6.20 Å². The van der Waals surface area contributed by atoms with Gasteiger partial charge in [0.05, 0.1) is 0 Å². The molecule has 0 spiro atoms. The maximum atomic E-state index is 10.9. The van der Waals surface area contributed by atoms with Gasteiger partial charge in [-0.25, -0.2) is 10.1 Å². The van der Waals surface area contributed by atoms with Crippen molar-refractivity contribution >= 4 is 16.0 Å². The van der Waals surface area contributed by atoms with Gasteiger partial charge in [0.15, 0.2) is 0 Å². The molecule has 0 radical (unpaired) electrons. The summed E-state index contributed by atoms with van der Waals surface area (Å²) < 4.78 is 24.2. The van der Waals surface area contributed by atoms with Crippen LogP contribution in [-0.2, 0) is 10.2 Å². The Labute approximate surface area is 101 Å². The minimum absolute atomic E-state index is 0.0648. The molecule has 3 N–H and O–H groups in total. The lowest BCUT2D eigenvalue weighted by Gasteiger charge is -2.32. The highest BCUT2D eigenvalue weighted by Crippen LogP contribution is 2.17. The second-order valence-corrected chi connectivity index (χ2v) is 5.44. The third kappa shape index (κ3) is 3.65. The number of nitrogens with zero attached hydrogens (tertiary/aromatic N) is 2. The Morgan fingerprint density at radius 3 is 2.59 bits per heavy atom. The van der Waals surface area contributed by atoms with Gasteiger partial charge in [-0.1, -0.05) is 6.07 Å². The van der Waals surface area contributed by atoms with Gasteiger partial charge in [0.1, 0.15) is 5.82 Å². The Bertz CT molecular complexity index is 454. The molecular weight excluding hydrogens is 240 g/mol. The van der Waals surface area contributed by atoms with Gasteiger partial charge in [0.25, 0.3) is 10.2 Å². The van der Waals surface area contributed by atoms with Crippen molar-refractivity contribution in [3.05, 3.63) is 24.4 Å². The van der Waals surface area contributed by atoms with Crippen LogP contribution in [0.25, 0.3) is 0 Å². The van der Waals surface area contributed by atoms with Crippen LogP contribution in [0.1, 0.15) is 12.8 Å². The Hall–Kier alpha value is -1.18. The molecule has 1 aliphatic rings. The van der Waals surface area contributed by atoms with Crippen molar-refractivity contribution in [1.29, 1.82) is 0 Å². The van der Waals surface area contributed by atoms with E-state index in [0.29, 0.717) is 0 Å². The molecule has 1 saturated heterocycles. The van der Waals surface area contributed by atoms with Gasteiger partial charge < -0.3 is 4.90 Å². The zero-order chi connectivity index (χ0) is 12.3. The molecule has 94 valence electrons. The van der Waals surface area contributed by atoms with Crippen molar-refractivity contribution in [2.75, 3.05) is 18.0 Å². The summed E-state index contributed by atoms with van der Waals surface area (Å²) in [5.74, 6) is 0.932. The maximum absolute atomic E-state index is 10.9. The number of rotatable bonds is 3. The van der Waals surface area contributed by atoms with E-state index < -0.39 is 10.2 Å². The molecule has 1 aromatic rings. The molecule has 0 unspecified atom stereocenters. The summed E-state index contributed by atoms with van der Waals surface area (Å²) >= 11 is 0. The molecule has 0 saturated carbocycles. The Balaban J connectivity index is 1.91. The van der Waals surface area contributed by atoms with Crippen molar-refractivity contribution < 1.29 is 8.42 Å². The fourth-order valence-corrected chi connectivity index (χ4v) is 2.70. The van der Waals surface area contributed by atoms with Gasteiger partial charge >= 0.3 is 0 Å². The normalized spacial score (nSPS) is 18.3. The van der Waals surface area contributed by atoms with Crippen LogP contribution in [0.3, 0.4) is 0 Å². The second-order valence-electron chi connectivity index (χ2n) is 4.11. The van der Waals surface area contributed by atoms with Crippen LogP contribution in [0.5, 0.6) is 0 Å².